The standard InChI is InChI=1S/C13H29N3O3S/c1-5-7-9-15-13(17)12(3)14-10-8-11-16(6-2)20(4,18)19/h12,14H,5-11H2,1-4H3,(H,15,17). The first-order valence-corrected chi connectivity index (χ1v) is 9.14. The van der Waals surface area contributed by atoms with E-state index in [1.807, 2.05) is 13.8 Å². The van der Waals surface area contributed by atoms with E-state index in [2.05, 4.69) is 17.6 Å². The Labute approximate surface area is 123 Å². The summed E-state index contributed by atoms with van der Waals surface area (Å²) in [6, 6.07) is -0.250. The fourth-order valence-electron chi connectivity index (χ4n) is 1.77. The molecule has 0 aliphatic heterocycles. The van der Waals surface area contributed by atoms with Gasteiger partial charge in [0, 0.05) is 19.6 Å². The van der Waals surface area contributed by atoms with Crippen molar-refractivity contribution in [1.29, 1.82) is 0 Å². The largest absolute Gasteiger partial charge is 0.355 e. The molecule has 0 aromatic rings. The van der Waals surface area contributed by atoms with Gasteiger partial charge in [0.1, 0.15) is 0 Å². The molecule has 1 amide bonds. The zero-order valence-corrected chi connectivity index (χ0v) is 13.9. The molecule has 6 nitrogen and oxygen atoms in total. The van der Waals surface area contributed by atoms with Gasteiger partial charge in [-0.2, -0.15) is 0 Å². The highest BCUT2D eigenvalue weighted by Gasteiger charge is 2.14. The summed E-state index contributed by atoms with van der Waals surface area (Å²) in [7, 11) is -3.12. The van der Waals surface area contributed by atoms with Crippen LogP contribution in [0.1, 0.15) is 40.0 Å². The van der Waals surface area contributed by atoms with Gasteiger partial charge in [-0.1, -0.05) is 20.3 Å². The van der Waals surface area contributed by atoms with E-state index in [-0.39, 0.29) is 11.9 Å². The van der Waals surface area contributed by atoms with Crippen molar-refractivity contribution >= 4 is 15.9 Å². The molecular formula is C13H29N3O3S. The van der Waals surface area contributed by atoms with Crippen molar-refractivity contribution in [3.8, 4) is 0 Å². The molecule has 0 aliphatic carbocycles. The average Bonchev–Trinajstić information content (AvgIpc) is 2.37. The zero-order valence-electron chi connectivity index (χ0n) is 13.1. The van der Waals surface area contributed by atoms with E-state index in [0.29, 0.717) is 32.6 Å². The Morgan fingerprint density at radius 2 is 1.85 bits per heavy atom. The maximum absolute atomic E-state index is 11.7. The molecule has 0 heterocycles. The Morgan fingerprint density at radius 3 is 2.35 bits per heavy atom. The summed E-state index contributed by atoms with van der Waals surface area (Å²) in [5.41, 5.74) is 0. The summed E-state index contributed by atoms with van der Waals surface area (Å²) < 4.78 is 24.2. The van der Waals surface area contributed by atoms with Crippen LogP contribution in [0.5, 0.6) is 0 Å². The summed E-state index contributed by atoms with van der Waals surface area (Å²) in [6.07, 6.45) is 3.94. The third kappa shape index (κ3) is 8.50. The first-order chi connectivity index (χ1) is 9.32. The molecular weight excluding hydrogens is 278 g/mol. The first kappa shape index (κ1) is 19.3. The molecule has 0 bridgehead atoms. The van der Waals surface area contributed by atoms with Crippen LogP contribution in [0, 0.1) is 0 Å². The van der Waals surface area contributed by atoms with Crippen molar-refractivity contribution in [3.05, 3.63) is 0 Å². The van der Waals surface area contributed by atoms with Gasteiger partial charge < -0.3 is 10.6 Å². The van der Waals surface area contributed by atoms with Crippen LogP contribution in [0.2, 0.25) is 0 Å². The number of carbonyl (C=O) groups excluding carboxylic acids is 1. The Morgan fingerprint density at radius 1 is 1.20 bits per heavy atom. The molecule has 1 unspecified atom stereocenters. The summed E-state index contributed by atoms with van der Waals surface area (Å²) >= 11 is 0. The maximum Gasteiger partial charge on any atom is 0.236 e. The molecule has 0 saturated carbocycles. The highest BCUT2D eigenvalue weighted by molar-refractivity contribution is 7.88. The summed E-state index contributed by atoms with van der Waals surface area (Å²) in [4.78, 5) is 11.7. The van der Waals surface area contributed by atoms with Gasteiger partial charge in [0.15, 0.2) is 0 Å². The number of hydrogen-bond acceptors (Lipinski definition) is 4. The van der Waals surface area contributed by atoms with Crippen molar-refractivity contribution in [2.75, 3.05) is 32.4 Å². The number of unbranched alkanes of at least 4 members (excludes halogenated alkanes) is 1. The molecule has 0 saturated heterocycles. The monoisotopic (exact) mass is 307 g/mol. The minimum absolute atomic E-state index is 0.00564. The molecule has 7 heteroatoms. The van der Waals surface area contributed by atoms with E-state index >= 15 is 0 Å². The van der Waals surface area contributed by atoms with Crippen molar-refractivity contribution in [3.63, 3.8) is 0 Å². The topological polar surface area (TPSA) is 78.5 Å². The normalized spacial score (nSPS) is 13.4. The minimum atomic E-state index is -3.12. The van der Waals surface area contributed by atoms with Gasteiger partial charge >= 0.3 is 0 Å². The number of nitrogens with zero attached hydrogens (tertiary/aromatic N) is 1. The van der Waals surface area contributed by atoms with Crippen LogP contribution in [-0.4, -0.2) is 57.1 Å². The SMILES string of the molecule is CCCCNC(=O)C(C)NCCCN(CC)S(C)(=O)=O. The number of rotatable bonds is 11. The highest BCUT2D eigenvalue weighted by Crippen LogP contribution is 1.98. The van der Waals surface area contributed by atoms with Crippen LogP contribution < -0.4 is 10.6 Å². The molecule has 0 fully saturated rings. The lowest BCUT2D eigenvalue weighted by Gasteiger charge is -2.19. The van der Waals surface area contributed by atoms with Crippen molar-refractivity contribution in [2.45, 2.75) is 46.1 Å². The van der Waals surface area contributed by atoms with Crippen molar-refractivity contribution in [1.82, 2.24) is 14.9 Å². The number of carbonyl (C=O) groups is 1. The Balaban J connectivity index is 3.86. The fraction of sp³-hybridized carbons (Fsp3) is 0.923. The highest BCUT2D eigenvalue weighted by atomic mass is 32.2. The van der Waals surface area contributed by atoms with E-state index < -0.39 is 10.0 Å². The van der Waals surface area contributed by atoms with E-state index in [9.17, 15) is 13.2 Å². The second-order valence-corrected chi connectivity index (χ2v) is 6.91. The van der Waals surface area contributed by atoms with Gasteiger partial charge in [-0.15, -0.1) is 0 Å². The Kier molecular flexibility index (Phi) is 9.79. The molecule has 20 heavy (non-hydrogen) atoms. The van der Waals surface area contributed by atoms with Crippen molar-refractivity contribution in [2.24, 2.45) is 0 Å². The molecule has 0 aromatic heterocycles. The Bertz CT molecular complexity index is 371. The van der Waals surface area contributed by atoms with Crippen LogP contribution in [0.15, 0.2) is 0 Å². The molecule has 0 rings (SSSR count). The second kappa shape index (κ2) is 10.1. The van der Waals surface area contributed by atoms with Crippen LogP contribution in [-0.2, 0) is 14.8 Å². The average molecular weight is 307 g/mol. The summed E-state index contributed by atoms with van der Waals surface area (Å²) in [5.74, 6) is -0.00564. The van der Waals surface area contributed by atoms with Gasteiger partial charge in [-0.05, 0) is 26.3 Å². The maximum atomic E-state index is 11.7. The lowest BCUT2D eigenvalue weighted by Crippen LogP contribution is -2.43. The minimum Gasteiger partial charge on any atom is -0.355 e. The van der Waals surface area contributed by atoms with Crippen LogP contribution in [0.4, 0.5) is 0 Å². The van der Waals surface area contributed by atoms with Crippen LogP contribution in [0.25, 0.3) is 0 Å². The molecule has 0 radical (unpaired) electrons. The molecule has 0 spiro atoms. The number of nitrogens with one attached hydrogen (secondary N) is 2. The first-order valence-electron chi connectivity index (χ1n) is 7.29. The lowest BCUT2D eigenvalue weighted by atomic mass is 10.2. The molecule has 2 N–H and O–H groups in total. The third-order valence-electron chi connectivity index (χ3n) is 3.08. The van der Waals surface area contributed by atoms with Crippen LogP contribution in [0.3, 0.4) is 0 Å². The zero-order chi connectivity index (χ0) is 15.6. The van der Waals surface area contributed by atoms with E-state index in [0.717, 1.165) is 12.8 Å². The second-order valence-electron chi connectivity index (χ2n) is 4.93. The van der Waals surface area contributed by atoms with Gasteiger partial charge in [-0.25, -0.2) is 12.7 Å². The van der Waals surface area contributed by atoms with Crippen LogP contribution >= 0.6 is 0 Å². The molecule has 0 aliphatic rings. The predicted molar refractivity (Wildman–Crippen MR) is 82.1 cm³/mol. The third-order valence-corrected chi connectivity index (χ3v) is 4.46. The van der Waals surface area contributed by atoms with E-state index in [4.69, 9.17) is 0 Å². The number of sulfonamides is 1. The predicted octanol–water partition coefficient (Wildman–Crippen LogP) is 0.552. The summed E-state index contributed by atoms with van der Waals surface area (Å²) in [6.45, 7) is 7.99. The Hall–Kier alpha value is -0.660. The smallest absolute Gasteiger partial charge is 0.236 e. The fourth-order valence-corrected chi connectivity index (χ4v) is 2.70. The molecule has 120 valence electrons. The number of hydrogen-bond donors (Lipinski definition) is 2. The van der Waals surface area contributed by atoms with Gasteiger partial charge in [0.25, 0.3) is 0 Å². The lowest BCUT2D eigenvalue weighted by molar-refractivity contribution is -0.122. The quantitative estimate of drug-likeness (QED) is 0.547. The van der Waals surface area contributed by atoms with Gasteiger partial charge in [0.05, 0.1) is 12.3 Å². The van der Waals surface area contributed by atoms with E-state index in [1.165, 1.54) is 10.6 Å². The van der Waals surface area contributed by atoms with Crippen molar-refractivity contribution < 1.29 is 13.2 Å². The molecule has 1 atom stereocenters. The summed E-state index contributed by atoms with van der Waals surface area (Å²) in [5, 5.41) is 5.97. The molecule has 0 aromatic carbocycles. The number of amides is 1. The van der Waals surface area contributed by atoms with Gasteiger partial charge in [-0.3, -0.25) is 4.79 Å². The van der Waals surface area contributed by atoms with E-state index in [1.54, 1.807) is 0 Å². The van der Waals surface area contributed by atoms with Gasteiger partial charge in [0.2, 0.25) is 15.9 Å².